The molecule has 76 valence electrons. The van der Waals surface area contributed by atoms with E-state index in [0.717, 1.165) is 37.6 Å². The number of rotatable bonds is 1. The summed E-state index contributed by atoms with van der Waals surface area (Å²) in [5.74, 6) is 0.820. The van der Waals surface area contributed by atoms with Crippen molar-refractivity contribution in [1.29, 1.82) is 0 Å². The first-order valence-electron chi connectivity index (χ1n) is 5.06. The highest BCUT2D eigenvalue weighted by Gasteiger charge is 2.18. The van der Waals surface area contributed by atoms with Gasteiger partial charge in [0.05, 0.1) is 0 Å². The van der Waals surface area contributed by atoms with E-state index in [4.69, 9.17) is 5.73 Å². The maximum atomic E-state index is 5.90. The minimum Gasteiger partial charge on any atom is -0.339 e. The van der Waals surface area contributed by atoms with E-state index in [0.29, 0.717) is 0 Å². The minimum absolute atomic E-state index is 0.271. The summed E-state index contributed by atoms with van der Waals surface area (Å²) < 4.78 is 0. The Morgan fingerprint density at radius 3 is 3.14 bits per heavy atom. The first-order chi connectivity index (χ1) is 6.75. The van der Waals surface area contributed by atoms with Crippen LogP contribution in [0.15, 0.2) is 12.3 Å². The molecule has 0 aliphatic carbocycles. The predicted octanol–water partition coefficient (Wildman–Crippen LogP) is 0.713. The molecule has 0 radical (unpaired) electrons. The van der Waals surface area contributed by atoms with Crippen LogP contribution in [0.4, 0.5) is 5.95 Å². The van der Waals surface area contributed by atoms with Crippen LogP contribution in [-0.2, 0) is 0 Å². The van der Waals surface area contributed by atoms with Gasteiger partial charge in [0.15, 0.2) is 0 Å². The lowest BCUT2D eigenvalue weighted by molar-refractivity contribution is 0.499. The van der Waals surface area contributed by atoms with Crippen LogP contribution in [0.2, 0.25) is 0 Å². The van der Waals surface area contributed by atoms with Crippen molar-refractivity contribution in [3.63, 3.8) is 0 Å². The number of nitrogens with two attached hydrogens (primary N) is 1. The minimum atomic E-state index is 0.271. The van der Waals surface area contributed by atoms with Crippen molar-refractivity contribution in [1.82, 2.24) is 9.97 Å². The van der Waals surface area contributed by atoms with Crippen LogP contribution in [-0.4, -0.2) is 29.1 Å². The lowest BCUT2D eigenvalue weighted by atomic mass is 10.1. The van der Waals surface area contributed by atoms with Gasteiger partial charge in [0.1, 0.15) is 0 Å². The molecule has 2 heterocycles. The van der Waals surface area contributed by atoms with Crippen LogP contribution >= 0.6 is 0 Å². The summed E-state index contributed by atoms with van der Waals surface area (Å²) in [5.41, 5.74) is 6.91. The van der Waals surface area contributed by atoms with Gasteiger partial charge in [-0.15, -0.1) is 0 Å². The predicted molar refractivity (Wildman–Crippen MR) is 56.2 cm³/mol. The molecule has 1 aromatic heterocycles. The number of hydrogen-bond donors (Lipinski definition) is 1. The van der Waals surface area contributed by atoms with Crippen LogP contribution in [0.3, 0.4) is 0 Å². The third kappa shape index (κ3) is 2.01. The lowest BCUT2D eigenvalue weighted by Crippen LogP contribution is -2.43. The zero-order valence-corrected chi connectivity index (χ0v) is 8.48. The smallest absolute Gasteiger partial charge is 0.225 e. The summed E-state index contributed by atoms with van der Waals surface area (Å²) in [7, 11) is 0. The number of aryl methyl sites for hydroxylation is 1. The zero-order valence-electron chi connectivity index (χ0n) is 8.48. The molecule has 0 amide bonds. The molecule has 0 saturated carbocycles. The number of anilines is 1. The highest BCUT2D eigenvalue weighted by Crippen LogP contribution is 2.14. The molecule has 4 nitrogen and oxygen atoms in total. The Morgan fingerprint density at radius 1 is 1.57 bits per heavy atom. The van der Waals surface area contributed by atoms with Crippen molar-refractivity contribution in [3.8, 4) is 0 Å². The maximum Gasteiger partial charge on any atom is 0.225 e. The van der Waals surface area contributed by atoms with Gasteiger partial charge < -0.3 is 10.6 Å². The quantitative estimate of drug-likeness (QED) is 0.712. The molecule has 1 aliphatic heterocycles. The Labute approximate surface area is 84.2 Å². The van der Waals surface area contributed by atoms with Gasteiger partial charge >= 0.3 is 0 Å². The summed E-state index contributed by atoms with van der Waals surface area (Å²) in [5, 5.41) is 0. The molecule has 1 saturated heterocycles. The molecule has 2 rings (SSSR count). The Morgan fingerprint density at radius 2 is 2.43 bits per heavy atom. The molecular formula is C10H16N4. The fraction of sp³-hybridized carbons (Fsp3) is 0.600. The number of hydrogen-bond acceptors (Lipinski definition) is 4. The van der Waals surface area contributed by atoms with Crippen molar-refractivity contribution in [2.24, 2.45) is 5.73 Å². The van der Waals surface area contributed by atoms with Gasteiger partial charge in [-0.05, 0) is 25.8 Å². The molecule has 1 fully saturated rings. The summed E-state index contributed by atoms with van der Waals surface area (Å²) in [6.07, 6.45) is 4.05. The van der Waals surface area contributed by atoms with Crippen LogP contribution in [0.5, 0.6) is 0 Å². The van der Waals surface area contributed by atoms with Gasteiger partial charge in [0.2, 0.25) is 5.95 Å². The van der Waals surface area contributed by atoms with E-state index in [1.807, 2.05) is 13.0 Å². The highest BCUT2D eigenvalue weighted by atomic mass is 15.3. The van der Waals surface area contributed by atoms with Gasteiger partial charge in [0, 0.05) is 31.0 Å². The molecule has 0 spiro atoms. The molecule has 1 atom stereocenters. The first-order valence-corrected chi connectivity index (χ1v) is 5.06. The largest absolute Gasteiger partial charge is 0.339 e. The van der Waals surface area contributed by atoms with Gasteiger partial charge in [0.25, 0.3) is 0 Å². The summed E-state index contributed by atoms with van der Waals surface area (Å²) in [4.78, 5) is 10.8. The van der Waals surface area contributed by atoms with E-state index < -0.39 is 0 Å². The molecule has 0 aromatic carbocycles. The van der Waals surface area contributed by atoms with Gasteiger partial charge in [-0.25, -0.2) is 9.97 Å². The van der Waals surface area contributed by atoms with Crippen molar-refractivity contribution in [2.45, 2.75) is 25.8 Å². The second kappa shape index (κ2) is 3.92. The Hall–Kier alpha value is -1.16. The Bertz CT molecular complexity index is 313. The average molecular weight is 192 g/mol. The number of piperidine rings is 1. The topological polar surface area (TPSA) is 55.0 Å². The number of aromatic nitrogens is 2. The molecule has 0 unspecified atom stereocenters. The second-order valence-electron chi connectivity index (χ2n) is 3.85. The fourth-order valence-electron chi connectivity index (χ4n) is 1.78. The molecule has 2 N–H and O–H groups in total. The van der Waals surface area contributed by atoms with Crippen molar-refractivity contribution in [3.05, 3.63) is 18.0 Å². The third-order valence-corrected chi connectivity index (χ3v) is 2.52. The Kier molecular flexibility index (Phi) is 2.63. The normalized spacial score (nSPS) is 22.4. The maximum absolute atomic E-state index is 5.90. The monoisotopic (exact) mass is 192 g/mol. The zero-order chi connectivity index (χ0) is 9.97. The van der Waals surface area contributed by atoms with Crippen LogP contribution in [0, 0.1) is 6.92 Å². The molecule has 1 aliphatic rings. The van der Waals surface area contributed by atoms with Gasteiger partial charge in [-0.2, -0.15) is 0 Å². The summed E-state index contributed by atoms with van der Waals surface area (Å²) in [6, 6.07) is 2.18. The van der Waals surface area contributed by atoms with Crippen molar-refractivity contribution in [2.75, 3.05) is 18.0 Å². The molecule has 1 aromatic rings. The van der Waals surface area contributed by atoms with Gasteiger partial charge in [-0.1, -0.05) is 0 Å². The third-order valence-electron chi connectivity index (χ3n) is 2.52. The van der Waals surface area contributed by atoms with Crippen LogP contribution in [0.25, 0.3) is 0 Å². The SMILES string of the molecule is Cc1ccnc(N2CCC[C@H](N)C2)n1. The standard InChI is InChI=1S/C10H16N4/c1-8-4-5-12-10(13-8)14-6-2-3-9(11)7-14/h4-5,9H,2-3,6-7,11H2,1H3/t9-/m0/s1. The van der Waals surface area contributed by atoms with E-state index in [1.54, 1.807) is 6.20 Å². The molecule has 0 bridgehead atoms. The molecule has 14 heavy (non-hydrogen) atoms. The highest BCUT2D eigenvalue weighted by molar-refractivity contribution is 5.31. The first kappa shape index (κ1) is 9.40. The van der Waals surface area contributed by atoms with Crippen LogP contribution in [0.1, 0.15) is 18.5 Å². The van der Waals surface area contributed by atoms with E-state index in [2.05, 4.69) is 14.9 Å². The summed E-state index contributed by atoms with van der Waals surface area (Å²) >= 11 is 0. The van der Waals surface area contributed by atoms with Crippen molar-refractivity contribution >= 4 is 5.95 Å². The van der Waals surface area contributed by atoms with E-state index in [9.17, 15) is 0 Å². The fourth-order valence-corrected chi connectivity index (χ4v) is 1.78. The van der Waals surface area contributed by atoms with Crippen molar-refractivity contribution < 1.29 is 0 Å². The van der Waals surface area contributed by atoms with E-state index >= 15 is 0 Å². The Balaban J connectivity index is 2.14. The number of nitrogens with zero attached hydrogens (tertiary/aromatic N) is 3. The van der Waals surface area contributed by atoms with E-state index in [1.165, 1.54) is 0 Å². The second-order valence-corrected chi connectivity index (χ2v) is 3.85. The van der Waals surface area contributed by atoms with Crippen LogP contribution < -0.4 is 10.6 Å². The average Bonchev–Trinajstić information content (AvgIpc) is 2.18. The molecular weight excluding hydrogens is 176 g/mol. The lowest BCUT2D eigenvalue weighted by Gasteiger charge is -2.30. The molecule has 4 heteroatoms. The summed E-state index contributed by atoms with van der Waals surface area (Å²) in [6.45, 7) is 3.88. The van der Waals surface area contributed by atoms with Gasteiger partial charge in [-0.3, -0.25) is 0 Å². The van der Waals surface area contributed by atoms with E-state index in [-0.39, 0.29) is 6.04 Å².